The van der Waals surface area contributed by atoms with E-state index in [4.69, 9.17) is 0 Å². The van der Waals surface area contributed by atoms with Gasteiger partial charge in [-0.05, 0) is 49.1 Å². The zero-order chi connectivity index (χ0) is 20.5. The number of rotatable bonds is 6. The van der Waals surface area contributed by atoms with Gasteiger partial charge in [0.15, 0.2) is 0 Å². The fourth-order valence-corrected chi connectivity index (χ4v) is 5.67. The number of anilines is 1. The van der Waals surface area contributed by atoms with E-state index >= 15 is 0 Å². The Labute approximate surface area is 180 Å². The van der Waals surface area contributed by atoms with Crippen LogP contribution in [0.2, 0.25) is 0 Å². The van der Waals surface area contributed by atoms with Gasteiger partial charge in [0, 0.05) is 23.0 Å². The molecule has 3 aromatic heterocycles. The summed E-state index contributed by atoms with van der Waals surface area (Å²) in [5.74, 6) is 1.27. The lowest BCUT2D eigenvalue weighted by Gasteiger charge is -2.07. The SMILES string of the molecule is O=C(CSCc1nc2sc3c(c2c(=O)[nH]1)CCC3)Nc1cccc(-n2cccn2)c1. The third-order valence-corrected chi connectivity index (χ3v) is 7.12. The van der Waals surface area contributed by atoms with Gasteiger partial charge < -0.3 is 10.3 Å². The van der Waals surface area contributed by atoms with Crippen LogP contribution in [0.5, 0.6) is 0 Å². The molecule has 0 unspecified atom stereocenters. The summed E-state index contributed by atoms with van der Waals surface area (Å²) in [7, 11) is 0. The summed E-state index contributed by atoms with van der Waals surface area (Å²) in [4.78, 5) is 34.5. The van der Waals surface area contributed by atoms with Crippen LogP contribution in [0.3, 0.4) is 0 Å². The molecule has 1 aromatic carbocycles. The van der Waals surface area contributed by atoms with E-state index in [2.05, 4.69) is 20.4 Å². The summed E-state index contributed by atoms with van der Waals surface area (Å²) in [6, 6.07) is 9.37. The van der Waals surface area contributed by atoms with Crippen LogP contribution in [-0.4, -0.2) is 31.4 Å². The molecule has 4 aromatic rings. The molecule has 0 atom stereocenters. The van der Waals surface area contributed by atoms with E-state index in [9.17, 15) is 9.59 Å². The van der Waals surface area contributed by atoms with Gasteiger partial charge in [-0.2, -0.15) is 5.10 Å². The van der Waals surface area contributed by atoms with Gasteiger partial charge in [-0.15, -0.1) is 23.1 Å². The number of nitrogens with zero attached hydrogens (tertiary/aromatic N) is 3. The van der Waals surface area contributed by atoms with Crippen LogP contribution in [0.15, 0.2) is 47.5 Å². The van der Waals surface area contributed by atoms with Crippen molar-refractivity contribution >= 4 is 44.9 Å². The molecule has 1 aliphatic rings. The van der Waals surface area contributed by atoms with E-state index in [1.807, 2.05) is 36.5 Å². The number of thioether (sulfide) groups is 1. The molecule has 30 heavy (non-hydrogen) atoms. The molecule has 5 rings (SSSR count). The Morgan fingerprint density at radius 1 is 1.30 bits per heavy atom. The molecule has 0 radical (unpaired) electrons. The van der Waals surface area contributed by atoms with Crippen LogP contribution < -0.4 is 10.9 Å². The number of nitrogens with one attached hydrogen (secondary N) is 2. The lowest BCUT2D eigenvalue weighted by atomic mass is 10.2. The molecule has 0 spiro atoms. The Kier molecular flexibility index (Phi) is 5.14. The predicted octanol–water partition coefficient (Wildman–Crippen LogP) is 3.53. The van der Waals surface area contributed by atoms with Crippen molar-refractivity contribution in [1.82, 2.24) is 19.7 Å². The standard InChI is InChI=1S/C21H19N5O2S2/c27-18(23-13-4-1-5-14(10-13)26-9-3-8-22-26)12-29-11-17-24-20(28)19-15-6-2-7-16(15)30-21(19)25-17/h1,3-5,8-10H,2,6-7,11-12H2,(H,23,27)(H,24,25,28). The van der Waals surface area contributed by atoms with Crippen molar-refractivity contribution in [2.45, 2.75) is 25.0 Å². The van der Waals surface area contributed by atoms with E-state index in [-0.39, 0.29) is 17.2 Å². The lowest BCUT2D eigenvalue weighted by molar-refractivity contribution is -0.113. The predicted molar refractivity (Wildman–Crippen MR) is 121 cm³/mol. The summed E-state index contributed by atoms with van der Waals surface area (Å²) in [6.45, 7) is 0. The average molecular weight is 438 g/mol. The number of benzene rings is 1. The number of thiophene rings is 1. The molecule has 0 fully saturated rings. The highest BCUT2D eigenvalue weighted by molar-refractivity contribution is 7.99. The van der Waals surface area contributed by atoms with E-state index < -0.39 is 0 Å². The van der Waals surface area contributed by atoms with Crippen molar-refractivity contribution in [2.75, 3.05) is 11.1 Å². The Morgan fingerprint density at radius 3 is 3.10 bits per heavy atom. The van der Waals surface area contributed by atoms with Gasteiger partial charge in [0.05, 0.1) is 22.6 Å². The smallest absolute Gasteiger partial charge is 0.259 e. The Bertz CT molecular complexity index is 1280. The topological polar surface area (TPSA) is 92.7 Å². The van der Waals surface area contributed by atoms with Crippen molar-refractivity contribution < 1.29 is 4.79 Å². The second kappa shape index (κ2) is 8.08. The third-order valence-electron chi connectivity index (χ3n) is 4.99. The number of hydrogen-bond donors (Lipinski definition) is 2. The number of carbonyl (C=O) groups is 1. The van der Waals surface area contributed by atoms with E-state index in [1.54, 1.807) is 22.2 Å². The first-order chi connectivity index (χ1) is 14.7. The van der Waals surface area contributed by atoms with Gasteiger partial charge in [-0.1, -0.05) is 6.07 Å². The fourth-order valence-electron chi connectivity index (χ4n) is 3.70. The number of amides is 1. The highest BCUT2D eigenvalue weighted by Gasteiger charge is 2.21. The lowest BCUT2D eigenvalue weighted by Crippen LogP contribution is -2.15. The first-order valence-corrected chi connectivity index (χ1v) is 11.7. The number of fused-ring (bicyclic) bond motifs is 3. The van der Waals surface area contributed by atoms with Crippen LogP contribution in [0.25, 0.3) is 15.9 Å². The van der Waals surface area contributed by atoms with Crippen LogP contribution in [-0.2, 0) is 23.4 Å². The maximum atomic E-state index is 12.5. The molecule has 0 saturated heterocycles. The Morgan fingerprint density at radius 2 is 2.23 bits per heavy atom. The van der Waals surface area contributed by atoms with Crippen LogP contribution in [0, 0.1) is 0 Å². The van der Waals surface area contributed by atoms with Crippen LogP contribution in [0.1, 0.15) is 22.7 Å². The van der Waals surface area contributed by atoms with Crippen molar-refractivity contribution in [3.8, 4) is 5.69 Å². The van der Waals surface area contributed by atoms with E-state index in [0.717, 1.165) is 40.9 Å². The molecule has 0 saturated carbocycles. The van der Waals surface area contributed by atoms with Gasteiger partial charge in [0.1, 0.15) is 10.7 Å². The zero-order valence-electron chi connectivity index (χ0n) is 16.1. The molecule has 0 bridgehead atoms. The first kappa shape index (κ1) is 19.1. The quantitative estimate of drug-likeness (QED) is 0.481. The zero-order valence-corrected chi connectivity index (χ0v) is 17.7. The minimum atomic E-state index is -0.101. The summed E-state index contributed by atoms with van der Waals surface area (Å²) in [6.07, 6.45) is 6.69. The van der Waals surface area contributed by atoms with Gasteiger partial charge in [0.25, 0.3) is 5.56 Å². The average Bonchev–Trinajstić information content (AvgIpc) is 3.45. The molecule has 1 aliphatic carbocycles. The van der Waals surface area contributed by atoms with Gasteiger partial charge in [0.2, 0.25) is 5.91 Å². The van der Waals surface area contributed by atoms with Crippen LogP contribution in [0.4, 0.5) is 5.69 Å². The molecule has 0 aliphatic heterocycles. The van der Waals surface area contributed by atoms with Gasteiger partial charge in [-0.3, -0.25) is 9.59 Å². The third kappa shape index (κ3) is 3.78. The maximum absolute atomic E-state index is 12.5. The normalized spacial score (nSPS) is 12.9. The molecule has 9 heteroatoms. The Hall–Kier alpha value is -2.91. The number of aromatic amines is 1. The molecule has 3 heterocycles. The fraction of sp³-hybridized carbons (Fsp3) is 0.238. The second-order valence-corrected chi connectivity index (χ2v) is 9.16. The first-order valence-electron chi connectivity index (χ1n) is 9.68. The Balaban J connectivity index is 1.21. The summed E-state index contributed by atoms with van der Waals surface area (Å²) < 4.78 is 1.74. The van der Waals surface area contributed by atoms with Crippen molar-refractivity contribution in [3.05, 3.63) is 69.3 Å². The summed E-state index contributed by atoms with van der Waals surface area (Å²) in [5.41, 5.74) is 2.72. The van der Waals surface area contributed by atoms with E-state index in [0.29, 0.717) is 11.6 Å². The summed E-state index contributed by atoms with van der Waals surface area (Å²) in [5, 5.41) is 7.87. The second-order valence-electron chi connectivity index (χ2n) is 7.09. The highest BCUT2D eigenvalue weighted by Crippen LogP contribution is 2.34. The number of aryl methyl sites for hydroxylation is 2. The van der Waals surface area contributed by atoms with Crippen molar-refractivity contribution in [3.63, 3.8) is 0 Å². The summed E-state index contributed by atoms with van der Waals surface area (Å²) >= 11 is 3.06. The molecular weight excluding hydrogens is 418 g/mol. The molecule has 1 amide bonds. The van der Waals surface area contributed by atoms with Gasteiger partial charge >= 0.3 is 0 Å². The molecular formula is C21H19N5O2S2. The number of H-pyrrole nitrogens is 1. The van der Waals surface area contributed by atoms with Crippen molar-refractivity contribution in [2.24, 2.45) is 0 Å². The van der Waals surface area contributed by atoms with Crippen LogP contribution >= 0.6 is 23.1 Å². The molecule has 152 valence electrons. The minimum Gasteiger partial charge on any atom is -0.325 e. The van der Waals surface area contributed by atoms with Gasteiger partial charge in [-0.25, -0.2) is 9.67 Å². The molecule has 7 nitrogen and oxygen atoms in total. The van der Waals surface area contributed by atoms with E-state index in [1.165, 1.54) is 22.2 Å². The van der Waals surface area contributed by atoms with Crippen molar-refractivity contribution in [1.29, 1.82) is 0 Å². The minimum absolute atomic E-state index is 0.0603. The number of carbonyl (C=O) groups excluding carboxylic acids is 1. The largest absolute Gasteiger partial charge is 0.325 e. The molecule has 2 N–H and O–H groups in total. The number of hydrogen-bond acceptors (Lipinski definition) is 6. The maximum Gasteiger partial charge on any atom is 0.259 e. The highest BCUT2D eigenvalue weighted by atomic mass is 32.2. The monoisotopic (exact) mass is 437 g/mol. The number of aromatic nitrogens is 4.